The molecular weight excluding hydrogens is 338 g/mol. The Morgan fingerprint density at radius 3 is 2.38 bits per heavy atom. The minimum absolute atomic E-state index is 0.0206. The molecule has 10 heteroatoms. The van der Waals surface area contributed by atoms with Gasteiger partial charge in [-0.1, -0.05) is 0 Å². The molecular formula is C16H23N7O3. The summed E-state index contributed by atoms with van der Waals surface area (Å²) in [5.74, 6) is -1.35. The van der Waals surface area contributed by atoms with E-state index in [1.807, 2.05) is 0 Å². The minimum Gasteiger partial charge on any atom is -0.330 e. The smallest absolute Gasteiger partial charge is 0.250 e. The number of carbonyl (C=O) groups is 3. The number of rotatable bonds is 8. The fourth-order valence-corrected chi connectivity index (χ4v) is 2.63. The largest absolute Gasteiger partial charge is 0.330 e. The van der Waals surface area contributed by atoms with E-state index in [2.05, 4.69) is 9.97 Å². The van der Waals surface area contributed by atoms with Crippen LogP contribution in [0.25, 0.3) is 0 Å². The highest BCUT2D eigenvalue weighted by atomic mass is 16.2. The second-order valence-corrected chi connectivity index (χ2v) is 5.84. The topological polar surface area (TPSA) is 165 Å². The molecule has 0 aliphatic carbocycles. The molecule has 2 heterocycles. The molecule has 0 bridgehead atoms. The van der Waals surface area contributed by atoms with Crippen LogP contribution in [-0.4, -0.2) is 55.8 Å². The molecule has 0 aliphatic rings. The molecule has 6 N–H and O–H groups in total. The molecule has 0 radical (unpaired) electrons. The van der Waals surface area contributed by atoms with Crippen molar-refractivity contribution in [3.63, 3.8) is 0 Å². The molecule has 2 aromatic rings. The lowest BCUT2D eigenvalue weighted by molar-refractivity contribution is 0.0796. The van der Waals surface area contributed by atoms with Gasteiger partial charge in [0.2, 0.25) is 11.8 Å². The van der Waals surface area contributed by atoms with Crippen LogP contribution in [0.15, 0.2) is 18.7 Å². The van der Waals surface area contributed by atoms with E-state index in [0.29, 0.717) is 30.8 Å². The van der Waals surface area contributed by atoms with E-state index in [1.54, 1.807) is 6.20 Å². The molecule has 140 valence electrons. The minimum atomic E-state index is -1.14. The fourth-order valence-electron chi connectivity index (χ4n) is 2.63. The zero-order valence-electron chi connectivity index (χ0n) is 14.6. The van der Waals surface area contributed by atoms with Gasteiger partial charge in [0.25, 0.3) is 0 Å². The first-order chi connectivity index (χ1) is 12.4. The number of Topliss-reactive ketones (excluding diaryl/α,β-unsaturated/α-hetero) is 1. The molecule has 2 rings (SSSR count). The van der Waals surface area contributed by atoms with E-state index >= 15 is 0 Å². The van der Waals surface area contributed by atoms with E-state index < -0.39 is 11.9 Å². The van der Waals surface area contributed by atoms with Crippen LogP contribution in [0.1, 0.15) is 44.9 Å². The third-order valence-corrected chi connectivity index (χ3v) is 3.87. The van der Waals surface area contributed by atoms with Crippen molar-refractivity contribution in [1.29, 1.82) is 0 Å². The number of imidazole rings is 2. The van der Waals surface area contributed by atoms with Crippen LogP contribution >= 0.6 is 0 Å². The van der Waals surface area contributed by atoms with E-state index in [-0.39, 0.29) is 30.5 Å². The van der Waals surface area contributed by atoms with Crippen molar-refractivity contribution in [3.05, 3.63) is 35.9 Å². The number of ketones is 1. The Kier molecular flexibility index (Phi) is 6.50. The first-order valence-electron chi connectivity index (χ1n) is 8.22. The SMILES string of the molecule is CC(=O)c1ncc(CCN)n1C(=O)C(N)CC(=O)n1cncc1CCN. The summed E-state index contributed by atoms with van der Waals surface area (Å²) >= 11 is 0. The van der Waals surface area contributed by atoms with Crippen molar-refractivity contribution in [2.75, 3.05) is 13.1 Å². The van der Waals surface area contributed by atoms with Crippen molar-refractivity contribution >= 4 is 17.6 Å². The van der Waals surface area contributed by atoms with E-state index in [0.717, 1.165) is 4.57 Å². The molecule has 0 fully saturated rings. The van der Waals surface area contributed by atoms with Gasteiger partial charge in [-0.2, -0.15) is 0 Å². The Labute approximate surface area is 150 Å². The van der Waals surface area contributed by atoms with Gasteiger partial charge < -0.3 is 17.2 Å². The Morgan fingerprint density at radius 1 is 1.12 bits per heavy atom. The van der Waals surface area contributed by atoms with Crippen molar-refractivity contribution in [1.82, 2.24) is 19.1 Å². The second-order valence-electron chi connectivity index (χ2n) is 5.84. The highest BCUT2D eigenvalue weighted by Gasteiger charge is 2.26. The molecule has 26 heavy (non-hydrogen) atoms. The van der Waals surface area contributed by atoms with Crippen LogP contribution in [-0.2, 0) is 12.8 Å². The normalized spacial score (nSPS) is 12.2. The predicted molar refractivity (Wildman–Crippen MR) is 93.8 cm³/mol. The lowest BCUT2D eigenvalue weighted by atomic mass is 10.1. The lowest BCUT2D eigenvalue weighted by Crippen LogP contribution is -2.39. The van der Waals surface area contributed by atoms with E-state index in [4.69, 9.17) is 17.2 Å². The highest BCUT2D eigenvalue weighted by molar-refractivity contribution is 5.98. The molecule has 0 saturated heterocycles. The summed E-state index contributed by atoms with van der Waals surface area (Å²) in [6.45, 7) is 1.95. The molecule has 10 nitrogen and oxygen atoms in total. The second kappa shape index (κ2) is 8.61. The van der Waals surface area contributed by atoms with Crippen LogP contribution in [0.4, 0.5) is 0 Å². The third-order valence-electron chi connectivity index (χ3n) is 3.87. The standard InChI is InChI=1S/C16H23N7O3/c1-10(24)15-21-8-12(3-5-18)23(15)16(26)13(19)6-14(25)22-9-20-7-11(22)2-4-17/h7-9,13H,2-6,17-19H2,1H3. The number of aromatic nitrogens is 4. The van der Waals surface area contributed by atoms with Crippen molar-refractivity contribution < 1.29 is 14.4 Å². The molecule has 1 unspecified atom stereocenters. The monoisotopic (exact) mass is 361 g/mol. The number of nitrogens with zero attached hydrogens (tertiary/aromatic N) is 4. The fraction of sp³-hybridized carbons (Fsp3) is 0.438. The maximum Gasteiger partial charge on any atom is 0.250 e. The molecule has 1 atom stereocenters. The zero-order valence-corrected chi connectivity index (χ0v) is 14.6. The number of carbonyl (C=O) groups excluding carboxylic acids is 3. The van der Waals surface area contributed by atoms with Crippen molar-refractivity contribution in [2.45, 2.75) is 32.2 Å². The zero-order chi connectivity index (χ0) is 19.3. The summed E-state index contributed by atoms with van der Waals surface area (Å²) < 4.78 is 2.49. The van der Waals surface area contributed by atoms with Gasteiger partial charge in [0.1, 0.15) is 6.33 Å². The van der Waals surface area contributed by atoms with Gasteiger partial charge in [-0.15, -0.1) is 0 Å². The Morgan fingerprint density at radius 2 is 1.77 bits per heavy atom. The van der Waals surface area contributed by atoms with Crippen LogP contribution in [0, 0.1) is 0 Å². The molecule has 0 aliphatic heterocycles. The van der Waals surface area contributed by atoms with Gasteiger partial charge in [0.05, 0.1) is 12.5 Å². The number of hydrogen-bond acceptors (Lipinski definition) is 8. The Hall–Kier alpha value is -2.69. The molecule has 0 saturated carbocycles. The van der Waals surface area contributed by atoms with E-state index in [1.165, 1.54) is 24.0 Å². The van der Waals surface area contributed by atoms with Gasteiger partial charge >= 0.3 is 0 Å². The van der Waals surface area contributed by atoms with Gasteiger partial charge in [-0.25, -0.2) is 9.97 Å². The quantitative estimate of drug-likeness (QED) is 0.503. The number of hydrogen-bond donors (Lipinski definition) is 3. The summed E-state index contributed by atoms with van der Waals surface area (Å²) in [7, 11) is 0. The Bertz CT molecular complexity index is 809. The number of nitrogens with two attached hydrogens (primary N) is 3. The third kappa shape index (κ3) is 4.10. The van der Waals surface area contributed by atoms with Gasteiger partial charge in [-0.3, -0.25) is 23.5 Å². The van der Waals surface area contributed by atoms with Crippen LogP contribution in [0.3, 0.4) is 0 Å². The maximum atomic E-state index is 12.8. The summed E-state index contributed by atoms with van der Waals surface area (Å²) in [6.07, 6.45) is 4.92. The molecule has 0 amide bonds. The molecule has 0 spiro atoms. The maximum absolute atomic E-state index is 12.8. The van der Waals surface area contributed by atoms with E-state index in [9.17, 15) is 14.4 Å². The predicted octanol–water partition coefficient (Wildman–Crippen LogP) is -1.02. The molecule has 0 aromatic carbocycles. The van der Waals surface area contributed by atoms with Crippen molar-refractivity contribution in [3.8, 4) is 0 Å². The first kappa shape index (κ1) is 19.6. The van der Waals surface area contributed by atoms with Crippen LogP contribution < -0.4 is 17.2 Å². The summed E-state index contributed by atoms with van der Waals surface area (Å²) in [5.41, 5.74) is 18.1. The first-order valence-corrected chi connectivity index (χ1v) is 8.22. The van der Waals surface area contributed by atoms with Gasteiger partial charge in [0.15, 0.2) is 11.6 Å². The Balaban J connectivity index is 2.22. The van der Waals surface area contributed by atoms with Gasteiger partial charge in [0, 0.05) is 43.5 Å². The van der Waals surface area contributed by atoms with Crippen LogP contribution in [0.2, 0.25) is 0 Å². The molecule has 2 aromatic heterocycles. The highest BCUT2D eigenvalue weighted by Crippen LogP contribution is 2.11. The van der Waals surface area contributed by atoms with Crippen molar-refractivity contribution in [2.24, 2.45) is 17.2 Å². The average molecular weight is 361 g/mol. The lowest BCUT2D eigenvalue weighted by Gasteiger charge is -2.15. The van der Waals surface area contributed by atoms with Crippen LogP contribution in [0.5, 0.6) is 0 Å². The van der Waals surface area contributed by atoms with Gasteiger partial charge in [-0.05, 0) is 13.1 Å². The summed E-state index contributed by atoms with van der Waals surface area (Å²) in [5, 5.41) is 0. The summed E-state index contributed by atoms with van der Waals surface area (Å²) in [6, 6.07) is -1.14. The summed E-state index contributed by atoms with van der Waals surface area (Å²) in [4.78, 5) is 44.8. The average Bonchev–Trinajstić information content (AvgIpc) is 3.21.